The van der Waals surface area contributed by atoms with E-state index < -0.39 is 10.0 Å². The second-order valence-corrected chi connectivity index (χ2v) is 10.4. The van der Waals surface area contributed by atoms with Gasteiger partial charge in [-0.2, -0.15) is 0 Å². The SMILES string of the molecule is O=C(CCCCCN=C1NS(=O)(=O)c2ccccc21)NCC1(c2ccccc2)CCCC1. The third-order valence-electron chi connectivity index (χ3n) is 6.57. The zero-order valence-electron chi connectivity index (χ0n) is 18.3. The molecule has 1 aliphatic heterocycles. The zero-order chi connectivity index (χ0) is 22.4. The Hall–Kier alpha value is -2.67. The number of hydrogen-bond donors (Lipinski definition) is 2. The number of carbonyl (C=O) groups excluding carboxylic acids is 1. The lowest BCUT2D eigenvalue weighted by Crippen LogP contribution is -2.38. The number of benzene rings is 2. The Morgan fingerprint density at radius 3 is 2.47 bits per heavy atom. The van der Waals surface area contributed by atoms with E-state index in [1.807, 2.05) is 12.1 Å². The number of nitrogens with one attached hydrogen (secondary N) is 2. The van der Waals surface area contributed by atoms with Crippen molar-refractivity contribution < 1.29 is 13.2 Å². The number of nitrogens with zero attached hydrogens (tertiary/aromatic N) is 1. The molecule has 2 aromatic rings. The van der Waals surface area contributed by atoms with Crippen LogP contribution in [0.4, 0.5) is 0 Å². The van der Waals surface area contributed by atoms with E-state index in [4.69, 9.17) is 0 Å². The van der Waals surface area contributed by atoms with Crippen molar-refractivity contribution in [3.05, 3.63) is 65.7 Å². The van der Waals surface area contributed by atoms with Gasteiger partial charge in [0.05, 0.1) is 4.90 Å². The third kappa shape index (κ3) is 5.04. The molecule has 6 nitrogen and oxygen atoms in total. The molecule has 2 N–H and O–H groups in total. The molecule has 2 aromatic carbocycles. The van der Waals surface area contributed by atoms with Crippen molar-refractivity contribution in [2.75, 3.05) is 13.1 Å². The lowest BCUT2D eigenvalue weighted by atomic mass is 9.79. The van der Waals surface area contributed by atoms with Crippen LogP contribution in [0.25, 0.3) is 0 Å². The largest absolute Gasteiger partial charge is 0.355 e. The fourth-order valence-electron chi connectivity index (χ4n) is 4.78. The molecule has 0 atom stereocenters. The van der Waals surface area contributed by atoms with Gasteiger partial charge in [0.2, 0.25) is 5.91 Å². The molecule has 7 heteroatoms. The maximum absolute atomic E-state index is 12.4. The molecule has 1 amide bonds. The lowest BCUT2D eigenvalue weighted by Gasteiger charge is -2.30. The monoisotopic (exact) mass is 453 g/mol. The van der Waals surface area contributed by atoms with Gasteiger partial charge in [-0.15, -0.1) is 0 Å². The predicted octanol–water partition coefficient (Wildman–Crippen LogP) is 3.91. The summed E-state index contributed by atoms with van der Waals surface area (Å²) in [6.07, 6.45) is 7.70. The van der Waals surface area contributed by atoms with E-state index in [0.29, 0.717) is 30.9 Å². The standard InChI is InChI=1S/C25H31N3O3S/c29-23(27-19-25(16-8-9-17-25)20-11-3-1-4-12-20)15-5-2-10-18-26-24-21-13-6-7-14-22(21)32(30,31)28-24/h1,3-4,6-7,11-14H,2,5,8-10,15-19H2,(H,26,28)(H,27,29). The predicted molar refractivity (Wildman–Crippen MR) is 126 cm³/mol. The van der Waals surface area contributed by atoms with Crippen LogP contribution in [0.1, 0.15) is 62.5 Å². The fourth-order valence-corrected chi connectivity index (χ4v) is 6.03. The van der Waals surface area contributed by atoms with Crippen molar-refractivity contribution >= 4 is 21.8 Å². The van der Waals surface area contributed by atoms with Crippen LogP contribution in [-0.2, 0) is 20.2 Å². The van der Waals surface area contributed by atoms with E-state index in [9.17, 15) is 13.2 Å². The third-order valence-corrected chi connectivity index (χ3v) is 7.96. The first-order valence-corrected chi connectivity index (χ1v) is 13.0. The van der Waals surface area contributed by atoms with Gasteiger partial charge in [0.1, 0.15) is 5.84 Å². The molecule has 0 bridgehead atoms. The van der Waals surface area contributed by atoms with E-state index in [2.05, 4.69) is 39.3 Å². The summed E-state index contributed by atoms with van der Waals surface area (Å²) in [6, 6.07) is 17.4. The van der Waals surface area contributed by atoms with Crippen molar-refractivity contribution in [1.29, 1.82) is 0 Å². The van der Waals surface area contributed by atoms with Gasteiger partial charge in [-0.25, -0.2) is 8.42 Å². The van der Waals surface area contributed by atoms with Gasteiger partial charge in [-0.1, -0.05) is 61.7 Å². The lowest BCUT2D eigenvalue weighted by molar-refractivity contribution is -0.121. The summed E-state index contributed by atoms with van der Waals surface area (Å²) < 4.78 is 26.7. The molecule has 0 radical (unpaired) electrons. The Labute approximate surface area is 190 Å². The van der Waals surface area contributed by atoms with Crippen molar-refractivity contribution in [1.82, 2.24) is 10.0 Å². The highest BCUT2D eigenvalue weighted by atomic mass is 32.2. The smallest absolute Gasteiger partial charge is 0.263 e. The molecule has 0 saturated heterocycles. The van der Waals surface area contributed by atoms with Crippen LogP contribution in [0.3, 0.4) is 0 Å². The molecular weight excluding hydrogens is 422 g/mol. The molecule has 2 aliphatic rings. The zero-order valence-corrected chi connectivity index (χ0v) is 19.2. The van der Waals surface area contributed by atoms with Crippen molar-refractivity contribution in [3.8, 4) is 0 Å². The number of carbonyl (C=O) groups is 1. The molecule has 32 heavy (non-hydrogen) atoms. The van der Waals surface area contributed by atoms with Crippen LogP contribution >= 0.6 is 0 Å². The quantitative estimate of drug-likeness (QED) is 0.564. The maximum Gasteiger partial charge on any atom is 0.263 e. The highest BCUT2D eigenvalue weighted by molar-refractivity contribution is 7.90. The van der Waals surface area contributed by atoms with Crippen molar-refractivity contribution in [2.45, 2.75) is 61.7 Å². The Morgan fingerprint density at radius 2 is 1.69 bits per heavy atom. The number of aliphatic imine (C=N–C) groups is 1. The van der Waals surface area contributed by atoms with E-state index in [1.165, 1.54) is 18.4 Å². The Kier molecular flexibility index (Phi) is 6.94. The summed E-state index contributed by atoms with van der Waals surface area (Å²) in [5, 5.41) is 3.18. The fraction of sp³-hybridized carbons (Fsp3) is 0.440. The molecule has 0 aromatic heterocycles. The second-order valence-electron chi connectivity index (χ2n) is 8.77. The van der Waals surface area contributed by atoms with Gasteiger partial charge >= 0.3 is 0 Å². The van der Waals surface area contributed by atoms with Gasteiger partial charge < -0.3 is 5.32 Å². The van der Waals surface area contributed by atoms with Crippen molar-refractivity contribution in [2.24, 2.45) is 4.99 Å². The minimum atomic E-state index is -3.49. The molecule has 1 aliphatic carbocycles. The molecule has 1 fully saturated rings. The summed E-state index contributed by atoms with van der Waals surface area (Å²) in [5.41, 5.74) is 2.05. The number of hydrogen-bond acceptors (Lipinski definition) is 4. The average Bonchev–Trinajstić information content (AvgIpc) is 3.39. The highest BCUT2D eigenvalue weighted by Crippen LogP contribution is 2.40. The number of rotatable bonds is 9. The van der Waals surface area contributed by atoms with E-state index in [1.54, 1.807) is 18.2 Å². The van der Waals surface area contributed by atoms with E-state index in [0.717, 1.165) is 32.1 Å². The number of amides is 1. The molecule has 1 heterocycles. The average molecular weight is 454 g/mol. The van der Waals surface area contributed by atoms with Gasteiger partial charge in [0, 0.05) is 30.5 Å². The first-order chi connectivity index (χ1) is 15.5. The number of amidine groups is 1. The van der Waals surface area contributed by atoms with Gasteiger partial charge in [0.25, 0.3) is 10.0 Å². The van der Waals surface area contributed by atoms with Crippen LogP contribution in [-0.4, -0.2) is 33.3 Å². The van der Waals surface area contributed by atoms with Crippen LogP contribution in [0.5, 0.6) is 0 Å². The second kappa shape index (κ2) is 9.86. The number of sulfonamides is 1. The summed E-state index contributed by atoms with van der Waals surface area (Å²) in [5.74, 6) is 0.525. The Morgan fingerprint density at radius 1 is 0.969 bits per heavy atom. The molecular formula is C25H31N3O3S. The van der Waals surface area contributed by atoms with Gasteiger partial charge in [-0.3, -0.25) is 14.5 Å². The van der Waals surface area contributed by atoms with Crippen LogP contribution < -0.4 is 10.0 Å². The first-order valence-electron chi connectivity index (χ1n) is 11.5. The molecule has 170 valence electrons. The molecule has 1 saturated carbocycles. The molecule has 0 unspecified atom stereocenters. The van der Waals surface area contributed by atoms with E-state index >= 15 is 0 Å². The summed E-state index contributed by atoms with van der Waals surface area (Å²) in [6.45, 7) is 1.24. The molecule has 4 rings (SSSR count). The normalized spacial score (nSPS) is 19.4. The minimum Gasteiger partial charge on any atom is -0.355 e. The summed E-state index contributed by atoms with van der Waals surface area (Å²) in [4.78, 5) is 17.1. The minimum absolute atomic E-state index is 0.0813. The van der Waals surface area contributed by atoms with Gasteiger partial charge in [-0.05, 0) is 43.4 Å². The topological polar surface area (TPSA) is 87.6 Å². The van der Waals surface area contributed by atoms with Crippen LogP contribution in [0.2, 0.25) is 0 Å². The Balaban J connectivity index is 1.19. The van der Waals surface area contributed by atoms with E-state index in [-0.39, 0.29) is 16.2 Å². The summed E-state index contributed by atoms with van der Waals surface area (Å²) >= 11 is 0. The maximum atomic E-state index is 12.4. The number of fused-ring (bicyclic) bond motifs is 1. The first kappa shape index (κ1) is 22.5. The van der Waals surface area contributed by atoms with Crippen molar-refractivity contribution in [3.63, 3.8) is 0 Å². The Bertz CT molecular complexity index is 1070. The molecule has 0 spiro atoms. The number of unbranched alkanes of at least 4 members (excludes halogenated alkanes) is 2. The van der Waals surface area contributed by atoms with Crippen LogP contribution in [0.15, 0.2) is 64.5 Å². The highest BCUT2D eigenvalue weighted by Gasteiger charge is 2.35. The summed E-state index contributed by atoms with van der Waals surface area (Å²) in [7, 11) is -3.49. The van der Waals surface area contributed by atoms with Gasteiger partial charge in [0.15, 0.2) is 0 Å². The van der Waals surface area contributed by atoms with Crippen LogP contribution in [0, 0.1) is 0 Å².